The van der Waals surface area contributed by atoms with Crippen LogP contribution in [0.2, 0.25) is 0 Å². The summed E-state index contributed by atoms with van der Waals surface area (Å²) < 4.78 is 5.26. The van der Waals surface area contributed by atoms with Crippen molar-refractivity contribution in [3.05, 3.63) is 0 Å². The molecule has 0 radical (unpaired) electrons. The Morgan fingerprint density at radius 3 is 2.77 bits per heavy atom. The van der Waals surface area contributed by atoms with Crippen molar-refractivity contribution in [2.24, 2.45) is 5.92 Å². The Bertz CT molecular complexity index is 164. The average molecular weight is 185 g/mol. The van der Waals surface area contributed by atoms with E-state index in [1.54, 1.807) is 0 Å². The van der Waals surface area contributed by atoms with Crippen molar-refractivity contribution in [1.82, 2.24) is 4.90 Å². The molecule has 2 unspecified atom stereocenters. The van der Waals surface area contributed by atoms with Gasteiger partial charge in [0.1, 0.15) is 0 Å². The van der Waals surface area contributed by atoms with Crippen LogP contribution in [0.15, 0.2) is 0 Å². The largest absolute Gasteiger partial charge is 0.391 e. The molecule has 0 amide bonds. The number of likely N-dealkylation sites (N-methyl/N-ethyl adjacent to an activating group) is 1. The quantitative estimate of drug-likeness (QED) is 0.691. The minimum absolute atomic E-state index is 0.187. The average Bonchev–Trinajstić information content (AvgIpc) is 2.81. The fraction of sp³-hybridized carbons (Fsp3) is 1.00. The van der Waals surface area contributed by atoms with Crippen LogP contribution in [0, 0.1) is 5.92 Å². The Morgan fingerprint density at radius 1 is 1.46 bits per heavy atom. The zero-order chi connectivity index (χ0) is 9.26. The lowest BCUT2D eigenvalue weighted by Crippen LogP contribution is -2.35. The van der Waals surface area contributed by atoms with Crippen LogP contribution in [0.3, 0.4) is 0 Å². The fourth-order valence-corrected chi connectivity index (χ4v) is 1.96. The molecule has 0 spiro atoms. The lowest BCUT2D eigenvalue weighted by Gasteiger charge is -2.23. The molecule has 1 N–H and O–H groups in total. The van der Waals surface area contributed by atoms with Gasteiger partial charge in [-0.25, -0.2) is 0 Å². The van der Waals surface area contributed by atoms with Crippen LogP contribution in [0.4, 0.5) is 0 Å². The molecule has 3 heteroatoms. The summed E-state index contributed by atoms with van der Waals surface area (Å²) in [5.74, 6) is 0.376. The SMILES string of the molecule is CN(CC(O)C1CCOC1)C1CC1. The Hall–Kier alpha value is -0.120. The van der Waals surface area contributed by atoms with Gasteiger partial charge in [0.25, 0.3) is 0 Å². The lowest BCUT2D eigenvalue weighted by molar-refractivity contribution is 0.0613. The van der Waals surface area contributed by atoms with Gasteiger partial charge >= 0.3 is 0 Å². The Morgan fingerprint density at radius 2 is 2.23 bits per heavy atom. The highest BCUT2D eigenvalue weighted by Crippen LogP contribution is 2.26. The van der Waals surface area contributed by atoms with Crippen LogP contribution >= 0.6 is 0 Å². The number of aliphatic hydroxyl groups excluding tert-OH is 1. The molecule has 0 aromatic heterocycles. The van der Waals surface area contributed by atoms with E-state index in [9.17, 15) is 5.11 Å². The fourth-order valence-electron chi connectivity index (χ4n) is 1.96. The van der Waals surface area contributed by atoms with Gasteiger partial charge in [-0.1, -0.05) is 0 Å². The molecule has 13 heavy (non-hydrogen) atoms. The zero-order valence-corrected chi connectivity index (χ0v) is 8.28. The van der Waals surface area contributed by atoms with Gasteiger partial charge in [0.2, 0.25) is 0 Å². The van der Waals surface area contributed by atoms with E-state index < -0.39 is 0 Å². The van der Waals surface area contributed by atoms with Crippen LogP contribution < -0.4 is 0 Å². The number of aliphatic hydroxyl groups is 1. The van der Waals surface area contributed by atoms with E-state index in [0.717, 1.165) is 32.2 Å². The second-order valence-electron chi connectivity index (χ2n) is 4.36. The summed E-state index contributed by atoms with van der Waals surface area (Å²) in [7, 11) is 2.11. The van der Waals surface area contributed by atoms with Gasteiger partial charge in [-0.2, -0.15) is 0 Å². The van der Waals surface area contributed by atoms with Crippen LogP contribution in [-0.2, 0) is 4.74 Å². The topological polar surface area (TPSA) is 32.7 Å². The zero-order valence-electron chi connectivity index (χ0n) is 8.28. The normalized spacial score (nSPS) is 31.2. The molecule has 2 rings (SSSR count). The first-order valence-electron chi connectivity index (χ1n) is 5.23. The van der Waals surface area contributed by atoms with E-state index in [4.69, 9.17) is 4.74 Å². The molecule has 0 aromatic carbocycles. The molecule has 1 aliphatic carbocycles. The Labute approximate surface area is 79.7 Å². The first-order valence-corrected chi connectivity index (χ1v) is 5.23. The molecule has 1 saturated carbocycles. The molecule has 0 aromatic rings. The summed E-state index contributed by atoms with van der Waals surface area (Å²) in [6, 6.07) is 0.747. The highest BCUT2D eigenvalue weighted by atomic mass is 16.5. The molecule has 2 aliphatic rings. The van der Waals surface area contributed by atoms with Gasteiger partial charge < -0.3 is 14.7 Å². The highest BCUT2D eigenvalue weighted by Gasteiger charge is 2.30. The molecule has 1 aliphatic heterocycles. The van der Waals surface area contributed by atoms with Crippen LogP contribution in [0.1, 0.15) is 19.3 Å². The number of hydrogen-bond donors (Lipinski definition) is 1. The van der Waals surface area contributed by atoms with Gasteiger partial charge in [-0.3, -0.25) is 0 Å². The van der Waals surface area contributed by atoms with Gasteiger partial charge in [0, 0.05) is 25.1 Å². The van der Waals surface area contributed by atoms with Crippen molar-refractivity contribution < 1.29 is 9.84 Å². The van der Waals surface area contributed by atoms with Crippen molar-refractivity contribution in [3.8, 4) is 0 Å². The van der Waals surface area contributed by atoms with Crippen LogP contribution in [0.25, 0.3) is 0 Å². The molecule has 76 valence electrons. The molecule has 0 bridgehead atoms. The van der Waals surface area contributed by atoms with E-state index >= 15 is 0 Å². The second-order valence-corrected chi connectivity index (χ2v) is 4.36. The summed E-state index contributed by atoms with van der Waals surface area (Å²) in [5, 5.41) is 9.87. The van der Waals surface area contributed by atoms with Gasteiger partial charge in [-0.15, -0.1) is 0 Å². The Balaban J connectivity index is 1.72. The van der Waals surface area contributed by atoms with Gasteiger partial charge in [0.15, 0.2) is 0 Å². The smallest absolute Gasteiger partial charge is 0.0718 e. The maximum Gasteiger partial charge on any atom is 0.0718 e. The molecular weight excluding hydrogens is 166 g/mol. The van der Waals surface area contributed by atoms with E-state index in [1.165, 1.54) is 12.8 Å². The highest BCUT2D eigenvalue weighted by molar-refractivity contribution is 4.85. The minimum atomic E-state index is -0.187. The first-order chi connectivity index (χ1) is 6.27. The third-order valence-electron chi connectivity index (χ3n) is 3.15. The first kappa shape index (κ1) is 9.44. The van der Waals surface area contributed by atoms with Crippen molar-refractivity contribution in [2.45, 2.75) is 31.4 Å². The van der Waals surface area contributed by atoms with E-state index in [1.807, 2.05) is 0 Å². The van der Waals surface area contributed by atoms with Crippen molar-refractivity contribution in [3.63, 3.8) is 0 Å². The molecule has 2 fully saturated rings. The van der Waals surface area contributed by atoms with E-state index in [2.05, 4.69) is 11.9 Å². The summed E-state index contributed by atoms with van der Waals surface area (Å²) in [5.41, 5.74) is 0. The number of rotatable bonds is 4. The summed E-state index contributed by atoms with van der Waals surface area (Å²) >= 11 is 0. The predicted octanol–water partition coefficient (Wildman–Crippen LogP) is 0.478. The maximum absolute atomic E-state index is 9.87. The van der Waals surface area contributed by atoms with Crippen molar-refractivity contribution in [2.75, 3.05) is 26.8 Å². The van der Waals surface area contributed by atoms with Crippen molar-refractivity contribution in [1.29, 1.82) is 0 Å². The van der Waals surface area contributed by atoms with Gasteiger partial charge in [-0.05, 0) is 26.3 Å². The number of ether oxygens (including phenoxy) is 1. The van der Waals surface area contributed by atoms with Gasteiger partial charge in [0.05, 0.1) is 12.7 Å². The molecule has 1 saturated heterocycles. The second kappa shape index (κ2) is 3.95. The summed E-state index contributed by atoms with van der Waals surface area (Å²) in [6.07, 6.45) is 3.46. The minimum Gasteiger partial charge on any atom is -0.391 e. The molecular formula is C10H19NO2. The molecule has 1 heterocycles. The molecule has 3 nitrogen and oxygen atoms in total. The van der Waals surface area contributed by atoms with E-state index in [0.29, 0.717) is 5.92 Å². The van der Waals surface area contributed by atoms with Crippen LogP contribution in [-0.4, -0.2) is 49.0 Å². The maximum atomic E-state index is 9.87. The number of nitrogens with zero attached hydrogens (tertiary/aromatic N) is 1. The Kier molecular flexibility index (Phi) is 2.86. The lowest BCUT2D eigenvalue weighted by atomic mass is 10.0. The monoisotopic (exact) mass is 185 g/mol. The third kappa shape index (κ3) is 2.42. The third-order valence-corrected chi connectivity index (χ3v) is 3.15. The standard InChI is InChI=1S/C10H19NO2/c1-11(9-2-3-9)6-10(12)8-4-5-13-7-8/h8-10,12H,2-7H2,1H3. The predicted molar refractivity (Wildman–Crippen MR) is 50.6 cm³/mol. The van der Waals surface area contributed by atoms with Crippen molar-refractivity contribution >= 4 is 0 Å². The van der Waals surface area contributed by atoms with E-state index in [-0.39, 0.29) is 6.10 Å². The summed E-state index contributed by atoms with van der Waals surface area (Å²) in [4.78, 5) is 2.28. The number of hydrogen-bond acceptors (Lipinski definition) is 3. The van der Waals surface area contributed by atoms with Crippen LogP contribution in [0.5, 0.6) is 0 Å². The summed E-state index contributed by atoms with van der Waals surface area (Å²) in [6.45, 7) is 2.40. The molecule has 2 atom stereocenters.